The third kappa shape index (κ3) is 4.49. The number of carbonyl (C=O) groups is 1. The van der Waals surface area contributed by atoms with Crippen LogP contribution >= 0.6 is 0 Å². The second kappa shape index (κ2) is 7.47. The third-order valence-corrected chi connectivity index (χ3v) is 3.41. The standard InChI is InChI=1S/C17H19NO4/c19-15-7-3-1-5-13(15)11-18(10-9-17(21)22)12-14-6-2-4-8-16(14)20/h1-8,19-20H,9-12H2,(H,21,22). The largest absolute Gasteiger partial charge is 0.508 e. The number of aliphatic carboxylic acids is 1. The number of para-hydroxylation sites is 2. The molecule has 2 aromatic carbocycles. The number of hydrogen-bond donors (Lipinski definition) is 3. The molecule has 2 aromatic rings. The summed E-state index contributed by atoms with van der Waals surface area (Å²) in [5.41, 5.74) is 1.45. The topological polar surface area (TPSA) is 81.0 Å². The number of nitrogens with zero attached hydrogens (tertiary/aromatic N) is 1. The van der Waals surface area contributed by atoms with Gasteiger partial charge in [0.25, 0.3) is 0 Å². The second-order valence-corrected chi connectivity index (χ2v) is 5.11. The molecule has 2 rings (SSSR count). The van der Waals surface area contributed by atoms with Crippen LogP contribution < -0.4 is 0 Å². The van der Waals surface area contributed by atoms with Crippen LogP contribution in [0.1, 0.15) is 17.5 Å². The van der Waals surface area contributed by atoms with E-state index < -0.39 is 5.97 Å². The molecule has 116 valence electrons. The lowest BCUT2D eigenvalue weighted by Gasteiger charge is -2.22. The lowest BCUT2D eigenvalue weighted by atomic mass is 10.1. The average molecular weight is 301 g/mol. The van der Waals surface area contributed by atoms with Crippen molar-refractivity contribution in [1.29, 1.82) is 0 Å². The van der Waals surface area contributed by atoms with Gasteiger partial charge in [-0.05, 0) is 12.1 Å². The maximum atomic E-state index is 10.8. The van der Waals surface area contributed by atoms with Gasteiger partial charge in [0.15, 0.2) is 0 Å². The van der Waals surface area contributed by atoms with Crippen LogP contribution in [0.3, 0.4) is 0 Å². The van der Waals surface area contributed by atoms with Gasteiger partial charge in [-0.1, -0.05) is 36.4 Å². The zero-order chi connectivity index (χ0) is 15.9. The SMILES string of the molecule is O=C(O)CCN(Cc1ccccc1O)Cc1ccccc1O. The Bertz CT molecular complexity index is 595. The molecule has 0 fully saturated rings. The van der Waals surface area contributed by atoms with E-state index in [2.05, 4.69) is 0 Å². The molecule has 0 aliphatic rings. The molecule has 0 atom stereocenters. The van der Waals surface area contributed by atoms with Gasteiger partial charge in [-0.2, -0.15) is 0 Å². The molecule has 0 aliphatic carbocycles. The van der Waals surface area contributed by atoms with E-state index in [1.54, 1.807) is 36.4 Å². The van der Waals surface area contributed by atoms with Crippen molar-refractivity contribution in [2.24, 2.45) is 0 Å². The number of carboxylic acids is 1. The third-order valence-electron chi connectivity index (χ3n) is 3.41. The van der Waals surface area contributed by atoms with Crippen LogP contribution in [-0.2, 0) is 17.9 Å². The molecule has 5 heteroatoms. The molecule has 0 amide bonds. The number of rotatable bonds is 7. The Kier molecular flexibility index (Phi) is 5.38. The van der Waals surface area contributed by atoms with Crippen LogP contribution in [0.25, 0.3) is 0 Å². The van der Waals surface area contributed by atoms with E-state index in [4.69, 9.17) is 5.11 Å². The van der Waals surface area contributed by atoms with E-state index >= 15 is 0 Å². The minimum atomic E-state index is -0.875. The molecule has 0 spiro atoms. The minimum Gasteiger partial charge on any atom is -0.508 e. The fraction of sp³-hybridized carbons (Fsp3) is 0.235. The Morgan fingerprint density at radius 2 is 1.32 bits per heavy atom. The van der Waals surface area contributed by atoms with Crippen LogP contribution in [0.2, 0.25) is 0 Å². The molecule has 0 radical (unpaired) electrons. The number of phenols is 2. The molecule has 22 heavy (non-hydrogen) atoms. The van der Waals surface area contributed by atoms with E-state index in [1.165, 1.54) is 0 Å². The van der Waals surface area contributed by atoms with Crippen LogP contribution in [0, 0.1) is 0 Å². The fourth-order valence-electron chi connectivity index (χ4n) is 2.24. The van der Waals surface area contributed by atoms with Gasteiger partial charge in [0, 0.05) is 30.8 Å². The molecule has 0 aromatic heterocycles. The highest BCUT2D eigenvalue weighted by Crippen LogP contribution is 2.22. The number of phenolic OH excluding ortho intramolecular Hbond substituents is 2. The molecule has 0 unspecified atom stereocenters. The minimum absolute atomic E-state index is 0.00118. The zero-order valence-corrected chi connectivity index (χ0v) is 12.1. The Balaban J connectivity index is 2.14. The van der Waals surface area contributed by atoms with Crippen LogP contribution in [0.15, 0.2) is 48.5 Å². The molecule has 0 bridgehead atoms. The molecule has 0 aliphatic heterocycles. The summed E-state index contributed by atoms with van der Waals surface area (Å²) in [5.74, 6) is -0.514. The summed E-state index contributed by atoms with van der Waals surface area (Å²) < 4.78 is 0. The number of benzene rings is 2. The van der Waals surface area contributed by atoms with E-state index in [9.17, 15) is 15.0 Å². The maximum Gasteiger partial charge on any atom is 0.304 e. The van der Waals surface area contributed by atoms with E-state index in [0.29, 0.717) is 19.6 Å². The molecule has 0 saturated carbocycles. The molecule has 0 heterocycles. The first-order valence-electron chi connectivity index (χ1n) is 7.04. The van der Waals surface area contributed by atoms with Gasteiger partial charge in [0.05, 0.1) is 6.42 Å². The van der Waals surface area contributed by atoms with Crippen molar-refractivity contribution in [2.45, 2.75) is 19.5 Å². The van der Waals surface area contributed by atoms with Gasteiger partial charge in [-0.15, -0.1) is 0 Å². The lowest BCUT2D eigenvalue weighted by Crippen LogP contribution is -2.25. The molecular weight excluding hydrogens is 282 g/mol. The number of carboxylic acid groups (broad SMARTS) is 1. The molecule has 0 saturated heterocycles. The summed E-state index contributed by atoms with van der Waals surface area (Å²) in [6, 6.07) is 13.9. The smallest absolute Gasteiger partial charge is 0.304 e. The van der Waals surface area contributed by atoms with Crippen LogP contribution in [-0.4, -0.2) is 32.7 Å². The quantitative estimate of drug-likeness (QED) is 0.732. The predicted octanol–water partition coefficient (Wildman–Crippen LogP) is 2.57. The number of hydrogen-bond acceptors (Lipinski definition) is 4. The molecule has 5 nitrogen and oxygen atoms in total. The van der Waals surface area contributed by atoms with Crippen molar-refractivity contribution in [1.82, 2.24) is 4.90 Å². The monoisotopic (exact) mass is 301 g/mol. The van der Waals surface area contributed by atoms with Crippen molar-refractivity contribution in [3.8, 4) is 11.5 Å². The Morgan fingerprint density at radius 3 is 1.73 bits per heavy atom. The zero-order valence-electron chi connectivity index (χ0n) is 12.1. The maximum absolute atomic E-state index is 10.8. The number of aromatic hydroxyl groups is 2. The first-order chi connectivity index (χ1) is 10.6. The lowest BCUT2D eigenvalue weighted by molar-refractivity contribution is -0.137. The van der Waals surface area contributed by atoms with Gasteiger partial charge in [0.2, 0.25) is 0 Å². The first-order valence-corrected chi connectivity index (χ1v) is 7.04. The van der Waals surface area contributed by atoms with E-state index in [0.717, 1.165) is 11.1 Å². The van der Waals surface area contributed by atoms with Crippen molar-refractivity contribution >= 4 is 5.97 Å². The van der Waals surface area contributed by atoms with Crippen LogP contribution in [0.4, 0.5) is 0 Å². The summed E-state index contributed by atoms with van der Waals surface area (Å²) in [4.78, 5) is 12.7. The van der Waals surface area contributed by atoms with Gasteiger partial charge < -0.3 is 15.3 Å². The highest BCUT2D eigenvalue weighted by molar-refractivity contribution is 5.66. The van der Waals surface area contributed by atoms with Crippen molar-refractivity contribution < 1.29 is 20.1 Å². The normalized spacial score (nSPS) is 10.8. The Labute approximate surface area is 129 Å². The van der Waals surface area contributed by atoms with E-state index in [1.807, 2.05) is 17.0 Å². The summed E-state index contributed by atoms with van der Waals surface area (Å²) in [7, 11) is 0. The fourth-order valence-corrected chi connectivity index (χ4v) is 2.24. The Hall–Kier alpha value is -2.53. The molecular formula is C17H19NO4. The highest BCUT2D eigenvalue weighted by atomic mass is 16.4. The summed E-state index contributed by atoms with van der Waals surface area (Å²) in [6.07, 6.45) is 0.00118. The van der Waals surface area contributed by atoms with Crippen molar-refractivity contribution in [3.05, 3.63) is 59.7 Å². The highest BCUT2D eigenvalue weighted by Gasteiger charge is 2.13. The van der Waals surface area contributed by atoms with Gasteiger partial charge >= 0.3 is 5.97 Å². The average Bonchev–Trinajstić information content (AvgIpc) is 2.49. The van der Waals surface area contributed by atoms with Crippen LogP contribution in [0.5, 0.6) is 11.5 Å². The first kappa shape index (κ1) is 15.9. The summed E-state index contributed by atoms with van der Waals surface area (Å²) in [6.45, 7) is 1.15. The Morgan fingerprint density at radius 1 is 0.864 bits per heavy atom. The van der Waals surface area contributed by atoms with Gasteiger partial charge in [-0.3, -0.25) is 9.69 Å². The molecule has 3 N–H and O–H groups in total. The predicted molar refractivity (Wildman–Crippen MR) is 82.6 cm³/mol. The summed E-state index contributed by atoms with van der Waals surface area (Å²) >= 11 is 0. The second-order valence-electron chi connectivity index (χ2n) is 5.11. The van der Waals surface area contributed by atoms with Gasteiger partial charge in [-0.25, -0.2) is 0 Å². The van der Waals surface area contributed by atoms with E-state index in [-0.39, 0.29) is 17.9 Å². The summed E-state index contributed by atoms with van der Waals surface area (Å²) in [5, 5.41) is 28.6. The van der Waals surface area contributed by atoms with Gasteiger partial charge in [0.1, 0.15) is 11.5 Å². The van der Waals surface area contributed by atoms with Crippen molar-refractivity contribution in [3.63, 3.8) is 0 Å². The van der Waals surface area contributed by atoms with Crippen molar-refractivity contribution in [2.75, 3.05) is 6.54 Å².